The lowest BCUT2D eigenvalue weighted by atomic mass is 9.77. The molecule has 2 aromatic carbocycles. The van der Waals surface area contributed by atoms with Gasteiger partial charge in [-0.2, -0.15) is 0 Å². The highest BCUT2D eigenvalue weighted by atomic mass is 32.2. The van der Waals surface area contributed by atoms with Crippen molar-refractivity contribution in [2.75, 3.05) is 5.75 Å². The van der Waals surface area contributed by atoms with Gasteiger partial charge in [-0.1, -0.05) is 53.7 Å². The summed E-state index contributed by atoms with van der Waals surface area (Å²) in [6.07, 6.45) is 3.13. The first-order valence-corrected chi connectivity index (χ1v) is 11.1. The number of fused-ring (bicyclic) bond motifs is 1. The number of thioether (sulfide) groups is 1. The van der Waals surface area contributed by atoms with Gasteiger partial charge in [-0.25, -0.2) is 4.99 Å². The second-order valence-electron chi connectivity index (χ2n) is 8.77. The fraction of sp³-hybridized carbons (Fsp3) is 0.375. The Hall–Kier alpha value is -2.60. The van der Waals surface area contributed by atoms with Gasteiger partial charge in [0.1, 0.15) is 0 Å². The summed E-state index contributed by atoms with van der Waals surface area (Å²) < 4.78 is 6.42. The van der Waals surface area contributed by atoms with E-state index in [-0.39, 0.29) is 23.0 Å². The molecule has 6 heteroatoms. The maximum absolute atomic E-state index is 10.7. The summed E-state index contributed by atoms with van der Waals surface area (Å²) in [7, 11) is 0. The lowest BCUT2D eigenvalue weighted by molar-refractivity contribution is 0.0108. The Kier molecular flexibility index (Phi) is 5.22. The van der Waals surface area contributed by atoms with E-state index in [0.717, 1.165) is 22.0 Å². The van der Waals surface area contributed by atoms with Crippen LogP contribution >= 0.6 is 11.8 Å². The molecule has 0 fully saturated rings. The highest BCUT2D eigenvalue weighted by molar-refractivity contribution is 8.13. The van der Waals surface area contributed by atoms with Crippen molar-refractivity contribution < 1.29 is 14.9 Å². The van der Waals surface area contributed by atoms with Crippen LogP contribution in [0.5, 0.6) is 17.2 Å². The van der Waals surface area contributed by atoms with Crippen molar-refractivity contribution in [3.05, 3.63) is 65.7 Å². The van der Waals surface area contributed by atoms with Crippen molar-refractivity contribution in [3.8, 4) is 17.2 Å². The Morgan fingerprint density at radius 1 is 1.30 bits per heavy atom. The second-order valence-corrected chi connectivity index (χ2v) is 9.78. The minimum absolute atomic E-state index is 0.0107. The Morgan fingerprint density at radius 3 is 2.83 bits per heavy atom. The molecule has 0 aliphatic carbocycles. The lowest BCUT2D eigenvalue weighted by Gasteiger charge is -2.47. The SMILES string of the molecule is C=CCSC1=N[C@]2(C[C@H](c3cccc(C)c3)c3ccc(O)c(O)c3O2)CC(C)(C)N1. The highest BCUT2D eigenvalue weighted by Crippen LogP contribution is 2.53. The first kappa shape index (κ1) is 20.7. The molecule has 1 spiro atoms. The number of hydrogen-bond donors (Lipinski definition) is 3. The molecule has 2 aliphatic heterocycles. The van der Waals surface area contributed by atoms with E-state index < -0.39 is 5.72 Å². The average molecular weight is 425 g/mol. The summed E-state index contributed by atoms with van der Waals surface area (Å²) in [4.78, 5) is 4.98. The topological polar surface area (TPSA) is 74.1 Å². The van der Waals surface area contributed by atoms with E-state index in [1.165, 1.54) is 11.6 Å². The van der Waals surface area contributed by atoms with Gasteiger partial charge >= 0.3 is 0 Å². The smallest absolute Gasteiger partial charge is 0.206 e. The summed E-state index contributed by atoms with van der Waals surface area (Å²) in [5, 5.41) is 25.1. The van der Waals surface area contributed by atoms with Crippen LogP contribution in [0.2, 0.25) is 0 Å². The van der Waals surface area contributed by atoms with Gasteiger partial charge in [-0.15, -0.1) is 6.58 Å². The quantitative estimate of drug-likeness (QED) is 0.474. The second kappa shape index (κ2) is 7.58. The van der Waals surface area contributed by atoms with E-state index in [4.69, 9.17) is 9.73 Å². The van der Waals surface area contributed by atoms with Crippen LogP contribution in [0, 0.1) is 6.92 Å². The van der Waals surface area contributed by atoms with Crippen LogP contribution in [-0.2, 0) is 0 Å². The van der Waals surface area contributed by atoms with E-state index in [0.29, 0.717) is 18.6 Å². The molecule has 0 radical (unpaired) electrons. The standard InChI is InChI=1S/C24H28N2O3S/c1-5-11-30-22-25-23(3,4)14-24(26-22)13-18(16-8-6-7-15(2)12-16)17-9-10-19(27)20(28)21(17)29-24/h5-10,12,18,27-28H,1,11,13-14H2,2-4H3,(H,25,26)/t18-,24+/m1/s1. The van der Waals surface area contributed by atoms with Crippen LogP contribution < -0.4 is 10.1 Å². The number of aromatic hydroxyl groups is 2. The molecule has 30 heavy (non-hydrogen) atoms. The first-order valence-electron chi connectivity index (χ1n) is 10.1. The Labute approximate surface area is 181 Å². The molecule has 4 rings (SSSR count). The zero-order chi connectivity index (χ0) is 21.5. The number of phenolic OH excluding ortho intramolecular Hbond substituents is 2. The van der Waals surface area contributed by atoms with Gasteiger partial charge in [0.2, 0.25) is 11.5 Å². The Balaban J connectivity index is 1.86. The molecular weight excluding hydrogens is 396 g/mol. The molecule has 0 bridgehead atoms. The summed E-state index contributed by atoms with van der Waals surface area (Å²) >= 11 is 1.58. The molecule has 2 aromatic rings. The molecule has 2 heterocycles. The van der Waals surface area contributed by atoms with E-state index in [1.54, 1.807) is 11.8 Å². The van der Waals surface area contributed by atoms with Crippen LogP contribution in [0.15, 0.2) is 54.0 Å². The van der Waals surface area contributed by atoms with Crippen molar-refractivity contribution in [3.63, 3.8) is 0 Å². The molecule has 0 amide bonds. The number of nitrogens with zero attached hydrogens (tertiary/aromatic N) is 1. The number of hydrogen-bond acceptors (Lipinski definition) is 6. The molecule has 3 N–H and O–H groups in total. The first-order chi connectivity index (χ1) is 14.2. The maximum Gasteiger partial charge on any atom is 0.206 e. The van der Waals surface area contributed by atoms with Crippen molar-refractivity contribution >= 4 is 16.9 Å². The Bertz CT molecular complexity index is 1020. The molecule has 0 saturated carbocycles. The van der Waals surface area contributed by atoms with Gasteiger partial charge in [-0.05, 0) is 32.4 Å². The fourth-order valence-corrected chi connectivity index (χ4v) is 5.32. The minimum atomic E-state index is -0.842. The zero-order valence-corrected chi connectivity index (χ0v) is 18.4. The van der Waals surface area contributed by atoms with Crippen molar-refractivity contribution in [1.29, 1.82) is 0 Å². The minimum Gasteiger partial charge on any atom is -0.504 e. The van der Waals surface area contributed by atoms with E-state index in [2.05, 4.69) is 50.9 Å². The van der Waals surface area contributed by atoms with Gasteiger partial charge in [-0.3, -0.25) is 0 Å². The molecule has 0 aromatic heterocycles. The third-order valence-electron chi connectivity index (χ3n) is 5.58. The molecule has 2 atom stereocenters. The molecule has 158 valence electrons. The van der Waals surface area contributed by atoms with Crippen molar-refractivity contribution in [2.24, 2.45) is 4.99 Å². The van der Waals surface area contributed by atoms with Crippen LogP contribution in [0.4, 0.5) is 0 Å². The van der Waals surface area contributed by atoms with Crippen LogP contribution in [0.1, 0.15) is 49.3 Å². The van der Waals surface area contributed by atoms with Crippen LogP contribution in [-0.4, -0.2) is 32.4 Å². The number of phenols is 2. The number of benzene rings is 2. The number of aryl methyl sites for hydroxylation is 1. The summed E-state index contributed by atoms with van der Waals surface area (Å²) in [5.41, 5.74) is 2.11. The fourth-order valence-electron chi connectivity index (χ4n) is 4.46. The van der Waals surface area contributed by atoms with Crippen molar-refractivity contribution in [2.45, 2.75) is 50.8 Å². The molecular formula is C24H28N2O3S. The van der Waals surface area contributed by atoms with Gasteiger partial charge in [0.15, 0.2) is 16.7 Å². The number of ether oxygens (including phenoxy) is 1. The van der Waals surface area contributed by atoms with Gasteiger partial charge in [0.25, 0.3) is 0 Å². The summed E-state index contributed by atoms with van der Waals surface area (Å²) in [6, 6.07) is 11.8. The number of aliphatic imine (C=N–C) groups is 1. The van der Waals surface area contributed by atoms with E-state index in [1.807, 2.05) is 18.2 Å². The maximum atomic E-state index is 10.7. The number of rotatable bonds is 3. The van der Waals surface area contributed by atoms with Gasteiger partial charge in [0, 0.05) is 35.6 Å². The van der Waals surface area contributed by atoms with Crippen LogP contribution in [0.25, 0.3) is 0 Å². The predicted octanol–water partition coefficient (Wildman–Crippen LogP) is 5.06. The predicted molar refractivity (Wildman–Crippen MR) is 123 cm³/mol. The highest BCUT2D eigenvalue weighted by Gasteiger charge is 2.49. The zero-order valence-electron chi connectivity index (χ0n) is 17.6. The monoisotopic (exact) mass is 424 g/mol. The normalized spacial score (nSPS) is 24.4. The summed E-state index contributed by atoms with van der Waals surface area (Å²) in [5.74, 6) is 0.635. The number of amidine groups is 1. The molecule has 0 saturated heterocycles. The number of nitrogens with one attached hydrogen (secondary N) is 1. The Morgan fingerprint density at radius 2 is 2.10 bits per heavy atom. The largest absolute Gasteiger partial charge is 0.504 e. The third-order valence-corrected chi connectivity index (χ3v) is 6.45. The van der Waals surface area contributed by atoms with Crippen molar-refractivity contribution in [1.82, 2.24) is 5.32 Å². The van der Waals surface area contributed by atoms with E-state index >= 15 is 0 Å². The van der Waals surface area contributed by atoms with Gasteiger partial charge in [0.05, 0.1) is 0 Å². The van der Waals surface area contributed by atoms with Crippen LogP contribution in [0.3, 0.4) is 0 Å². The lowest BCUT2D eigenvalue weighted by Crippen LogP contribution is -2.57. The molecule has 5 nitrogen and oxygen atoms in total. The molecule has 2 aliphatic rings. The molecule has 0 unspecified atom stereocenters. The third kappa shape index (κ3) is 3.88. The summed E-state index contributed by atoms with van der Waals surface area (Å²) in [6.45, 7) is 10.1. The van der Waals surface area contributed by atoms with Gasteiger partial charge < -0.3 is 20.3 Å². The average Bonchev–Trinajstić information content (AvgIpc) is 2.68. The van der Waals surface area contributed by atoms with E-state index in [9.17, 15) is 10.2 Å².